The van der Waals surface area contributed by atoms with Crippen LogP contribution < -0.4 is 10.6 Å². The molecule has 328 valence electrons. The van der Waals surface area contributed by atoms with E-state index in [4.69, 9.17) is 9.47 Å². The quantitative estimate of drug-likeness (QED) is 0.0369. The number of hydrogen-bond acceptors (Lipinski definition) is 10. The summed E-state index contributed by atoms with van der Waals surface area (Å²) in [6.45, 7) is 11.0. The lowest BCUT2D eigenvalue weighted by atomic mass is 9.37. The van der Waals surface area contributed by atoms with E-state index >= 15 is 0 Å². The number of ether oxygens (including phenoxy) is 2. The molecule has 6 rings (SSSR count). The largest absolute Gasteiger partial charge is 0.396 e. The van der Waals surface area contributed by atoms with Gasteiger partial charge in [-0.05, 0) is 126 Å². The van der Waals surface area contributed by atoms with Crippen molar-refractivity contribution < 1.29 is 39.8 Å². The zero-order valence-corrected chi connectivity index (χ0v) is 36.5. The summed E-state index contributed by atoms with van der Waals surface area (Å²) in [6.07, 6.45) is 21.3. The maximum Gasteiger partial charge on any atom is 0.145 e. The lowest BCUT2D eigenvalue weighted by Crippen LogP contribution is -2.72. The Hall–Kier alpha value is -3.29. The number of carbonyl (C=O) groups is 1. The molecule has 4 aliphatic carbocycles. The number of fused-ring (bicyclic) bond motifs is 3. The van der Waals surface area contributed by atoms with Gasteiger partial charge in [-0.2, -0.15) is 0 Å². The Morgan fingerprint density at radius 1 is 1.12 bits per heavy atom. The summed E-state index contributed by atoms with van der Waals surface area (Å²) in [5.41, 5.74) is 1.47. The van der Waals surface area contributed by atoms with Crippen molar-refractivity contribution in [3.05, 3.63) is 118 Å². The summed E-state index contributed by atoms with van der Waals surface area (Å²) >= 11 is 0. The van der Waals surface area contributed by atoms with Crippen LogP contribution in [0.3, 0.4) is 0 Å². The minimum absolute atomic E-state index is 0.0336. The van der Waals surface area contributed by atoms with Crippen LogP contribution in [-0.2, 0) is 27.1 Å². The average molecular weight is 827 g/mol. The van der Waals surface area contributed by atoms with Gasteiger partial charge >= 0.3 is 0 Å². The fourth-order valence-corrected chi connectivity index (χ4v) is 12.0. The van der Waals surface area contributed by atoms with Gasteiger partial charge in [0.15, 0.2) is 0 Å². The van der Waals surface area contributed by atoms with Crippen LogP contribution in [0.4, 0.5) is 0 Å². The van der Waals surface area contributed by atoms with Crippen LogP contribution in [0.25, 0.3) is 0 Å². The Bertz CT molecular complexity index is 1920. The van der Waals surface area contributed by atoms with Gasteiger partial charge in [0.05, 0.1) is 17.8 Å². The van der Waals surface area contributed by atoms with E-state index in [1.54, 1.807) is 7.11 Å². The minimum atomic E-state index is -1.55. The number of rotatable bonds is 16. The topological polar surface area (TPSA) is 161 Å². The highest BCUT2D eigenvalue weighted by atomic mass is 16.6. The summed E-state index contributed by atoms with van der Waals surface area (Å²) in [4.78, 5) is 12.6. The molecule has 1 spiro atoms. The highest BCUT2D eigenvalue weighted by Crippen LogP contribution is 2.75. The molecule has 10 atom stereocenters. The van der Waals surface area contributed by atoms with E-state index < -0.39 is 46.9 Å². The zero-order valence-electron chi connectivity index (χ0n) is 36.5. The van der Waals surface area contributed by atoms with Crippen molar-refractivity contribution >= 4 is 6.29 Å². The number of hydrogen-bond donors (Lipinski definition) is 7. The summed E-state index contributed by atoms with van der Waals surface area (Å²) in [5.74, 6) is -1.04. The number of methoxy groups -OCH3 is 1. The lowest BCUT2D eigenvalue weighted by Gasteiger charge is -2.68. The highest BCUT2D eigenvalue weighted by Gasteiger charge is 2.77. The molecule has 1 aromatic rings. The normalized spacial score (nSPS) is 37.3. The van der Waals surface area contributed by atoms with Crippen molar-refractivity contribution in [2.75, 3.05) is 47.3 Å². The van der Waals surface area contributed by atoms with E-state index in [0.717, 1.165) is 47.8 Å². The van der Waals surface area contributed by atoms with Crippen LogP contribution in [0.1, 0.15) is 76.8 Å². The maximum atomic E-state index is 13.5. The SMILES string of the molecule is C=C(C=CC=C(COCO)C1CCC23C4C(=C(C)C=O)C(C=CC4(CCO)C=CC12O)CC3(O)CCNC)C1CC=C(C)C(O)NC(C)(CCOC)Cc2cccc(c2)C1. The first-order chi connectivity index (χ1) is 28.7. The van der Waals surface area contributed by atoms with Crippen molar-refractivity contribution in [2.45, 2.75) is 102 Å². The van der Waals surface area contributed by atoms with Crippen molar-refractivity contribution in [1.82, 2.24) is 10.6 Å². The third-order valence-electron chi connectivity index (χ3n) is 15.0. The second kappa shape index (κ2) is 19.0. The second-order valence-corrected chi connectivity index (χ2v) is 18.6. The summed E-state index contributed by atoms with van der Waals surface area (Å²) < 4.78 is 11.1. The predicted octanol–water partition coefficient (Wildman–Crippen LogP) is 5.57. The third kappa shape index (κ3) is 8.57. The van der Waals surface area contributed by atoms with Gasteiger partial charge in [-0.25, -0.2) is 0 Å². The molecule has 60 heavy (non-hydrogen) atoms. The molecule has 4 bridgehead atoms. The standard InChI is InChI=1S/C50H70N2O8/c1-34(39-14-13-35(2)45(56)52-46(4,23-26-59-6)29-38-11-8-10-37(27-38)28-39)9-7-12-41(32-60-33-55)42-16-18-49-44-43(36(3)31-54)40(30-48(49,57)21-24-51-5)15-17-47(44,22-25-53)19-20-50(42,49)58/h7-13,15,17,19-20,27,31,39-40,42,44-45,51-53,55-58H,1,14,16,18,21-26,28-30,32-33H2,2-6H3. The first kappa shape index (κ1) is 46.2. The van der Waals surface area contributed by atoms with Crippen LogP contribution in [-0.4, -0.2) is 102 Å². The first-order valence-electron chi connectivity index (χ1n) is 21.9. The Morgan fingerprint density at radius 3 is 2.62 bits per heavy atom. The van der Waals surface area contributed by atoms with Gasteiger partial charge in [-0.3, -0.25) is 10.1 Å². The van der Waals surface area contributed by atoms with Gasteiger partial charge in [0.2, 0.25) is 0 Å². The number of carbonyl (C=O) groups excluding carboxylic acids is 1. The van der Waals surface area contributed by atoms with Gasteiger partial charge in [-0.15, -0.1) is 0 Å². The number of nitrogens with one attached hydrogen (secondary N) is 2. The van der Waals surface area contributed by atoms with Gasteiger partial charge in [0.1, 0.15) is 19.3 Å². The van der Waals surface area contributed by atoms with Gasteiger partial charge in [-0.1, -0.05) is 90.6 Å². The smallest absolute Gasteiger partial charge is 0.145 e. The van der Waals surface area contributed by atoms with E-state index in [-0.39, 0.29) is 30.6 Å². The Morgan fingerprint density at radius 2 is 1.90 bits per heavy atom. The second-order valence-electron chi connectivity index (χ2n) is 18.6. The monoisotopic (exact) mass is 827 g/mol. The first-order valence-corrected chi connectivity index (χ1v) is 21.9. The summed E-state index contributed by atoms with van der Waals surface area (Å²) in [5, 5.41) is 65.0. The molecular formula is C50H70N2O8. The van der Waals surface area contributed by atoms with Crippen LogP contribution in [0, 0.1) is 34.5 Å². The van der Waals surface area contributed by atoms with E-state index in [0.29, 0.717) is 57.2 Å². The number of aliphatic hydroxyl groups is 5. The molecule has 0 aromatic heterocycles. The lowest BCUT2D eigenvalue weighted by molar-refractivity contribution is -0.233. The van der Waals surface area contributed by atoms with Crippen LogP contribution in [0.15, 0.2) is 107 Å². The Balaban J connectivity index is 1.37. The Labute approximate surface area is 357 Å². The van der Waals surface area contributed by atoms with Crippen molar-refractivity contribution in [2.24, 2.45) is 34.5 Å². The van der Waals surface area contributed by atoms with Crippen LogP contribution in [0.5, 0.6) is 0 Å². The average Bonchev–Trinajstić information content (AvgIpc) is 3.55. The predicted molar refractivity (Wildman–Crippen MR) is 236 cm³/mol. The van der Waals surface area contributed by atoms with Crippen molar-refractivity contribution in [1.29, 1.82) is 0 Å². The molecule has 10 unspecified atom stereocenters. The Kier molecular flexibility index (Phi) is 14.6. The molecular weight excluding hydrogens is 757 g/mol. The van der Waals surface area contributed by atoms with E-state index in [1.165, 1.54) is 11.1 Å². The summed E-state index contributed by atoms with van der Waals surface area (Å²) in [7, 11) is 3.56. The fourth-order valence-electron chi connectivity index (χ4n) is 12.0. The van der Waals surface area contributed by atoms with E-state index in [2.05, 4.69) is 66.6 Å². The van der Waals surface area contributed by atoms with Gasteiger partial charge in [0, 0.05) is 54.4 Å². The molecule has 0 saturated heterocycles. The van der Waals surface area contributed by atoms with Crippen LogP contribution in [0.2, 0.25) is 0 Å². The molecule has 10 heteroatoms. The van der Waals surface area contributed by atoms with Crippen molar-refractivity contribution in [3.63, 3.8) is 0 Å². The molecule has 7 N–H and O–H groups in total. The van der Waals surface area contributed by atoms with Crippen LogP contribution >= 0.6 is 0 Å². The number of aldehydes is 1. The fraction of sp³-hybridized carbons (Fsp3) is 0.580. The molecule has 0 radical (unpaired) electrons. The van der Waals surface area contributed by atoms with Gasteiger partial charge in [0.25, 0.3) is 0 Å². The molecule has 1 heterocycles. The molecule has 2 fully saturated rings. The number of allylic oxidation sites excluding steroid dienone is 10. The molecule has 1 aromatic carbocycles. The number of aliphatic hydroxyl groups excluding tert-OH is 3. The minimum Gasteiger partial charge on any atom is -0.396 e. The molecule has 1 aliphatic heterocycles. The zero-order chi connectivity index (χ0) is 43.3. The molecule has 10 nitrogen and oxygen atoms in total. The number of benzene rings is 1. The van der Waals surface area contributed by atoms with E-state index in [1.807, 2.05) is 51.3 Å². The third-order valence-corrected chi connectivity index (χ3v) is 15.0. The van der Waals surface area contributed by atoms with Crippen molar-refractivity contribution in [3.8, 4) is 0 Å². The molecule has 5 aliphatic rings. The molecule has 0 amide bonds. The molecule has 2 saturated carbocycles. The van der Waals surface area contributed by atoms with Gasteiger partial charge < -0.3 is 40.3 Å². The van der Waals surface area contributed by atoms with E-state index in [9.17, 15) is 30.3 Å². The maximum absolute atomic E-state index is 13.5. The highest BCUT2D eigenvalue weighted by molar-refractivity contribution is 5.75. The summed E-state index contributed by atoms with van der Waals surface area (Å²) in [6, 6.07) is 8.63.